The minimum absolute atomic E-state index is 0.202. The summed E-state index contributed by atoms with van der Waals surface area (Å²) in [5.41, 5.74) is 4.61. The van der Waals surface area contributed by atoms with E-state index in [1.807, 2.05) is 48.5 Å². The lowest BCUT2D eigenvalue weighted by Gasteiger charge is -2.09. The number of carbonyl (C=O) groups is 2. The smallest absolute Gasteiger partial charge is 0.259 e. The number of hydrogen-bond acceptors (Lipinski definition) is 5. The highest BCUT2D eigenvalue weighted by Crippen LogP contribution is 2.18. The second-order valence-electron chi connectivity index (χ2n) is 7.66. The van der Waals surface area contributed by atoms with Crippen LogP contribution in [0.3, 0.4) is 0 Å². The van der Waals surface area contributed by atoms with Crippen molar-refractivity contribution in [2.75, 3.05) is 13.2 Å². The van der Waals surface area contributed by atoms with E-state index in [0.717, 1.165) is 28.4 Å². The van der Waals surface area contributed by atoms with Crippen LogP contribution in [-0.4, -0.2) is 31.2 Å². The Hall–Kier alpha value is -3.65. The number of hydrazone groups is 1. The summed E-state index contributed by atoms with van der Waals surface area (Å²) < 4.78 is 12.5. The molecule has 0 unspecified atom stereocenters. The van der Waals surface area contributed by atoms with Crippen molar-refractivity contribution in [1.29, 1.82) is 0 Å². The van der Waals surface area contributed by atoms with Gasteiger partial charge in [-0.25, -0.2) is 5.43 Å². The highest BCUT2D eigenvalue weighted by atomic mass is 79.9. The molecule has 182 valence electrons. The minimum Gasteiger partial charge on any atom is -0.494 e. The van der Waals surface area contributed by atoms with Gasteiger partial charge in [0.25, 0.3) is 11.8 Å². The molecule has 3 rings (SSSR count). The van der Waals surface area contributed by atoms with Gasteiger partial charge in [0.2, 0.25) is 0 Å². The maximum atomic E-state index is 12.3. The summed E-state index contributed by atoms with van der Waals surface area (Å²) in [6.45, 7) is 2.94. The van der Waals surface area contributed by atoms with Gasteiger partial charge in [0, 0.05) is 15.6 Å². The summed E-state index contributed by atoms with van der Waals surface area (Å²) in [5, 5.41) is 6.57. The Morgan fingerprint density at radius 3 is 2.46 bits per heavy atom. The topological polar surface area (TPSA) is 89.0 Å². The van der Waals surface area contributed by atoms with Gasteiger partial charge in [0.1, 0.15) is 18.1 Å². The van der Waals surface area contributed by atoms with Crippen LogP contribution in [0.15, 0.2) is 82.4 Å². The lowest BCUT2D eigenvalue weighted by Crippen LogP contribution is -2.34. The first kappa shape index (κ1) is 26.0. The second-order valence-corrected chi connectivity index (χ2v) is 8.57. The predicted molar refractivity (Wildman–Crippen MR) is 140 cm³/mol. The van der Waals surface area contributed by atoms with Crippen molar-refractivity contribution in [3.8, 4) is 11.5 Å². The lowest BCUT2D eigenvalue weighted by molar-refractivity contribution is -0.120. The number of hydrogen-bond donors (Lipinski definition) is 2. The molecular formula is C27H28BrN3O4. The third-order valence-corrected chi connectivity index (χ3v) is 5.44. The first-order valence-electron chi connectivity index (χ1n) is 11.3. The van der Waals surface area contributed by atoms with Gasteiger partial charge in [-0.2, -0.15) is 5.10 Å². The number of para-hydroxylation sites is 1. The molecule has 0 aliphatic rings. The van der Waals surface area contributed by atoms with E-state index in [2.05, 4.69) is 38.7 Å². The van der Waals surface area contributed by atoms with Crippen LogP contribution in [-0.2, 0) is 11.4 Å². The standard InChI is InChI=1S/C27H28BrN3O4/c1-2-3-16-34-24-14-10-21(11-15-24)27(33)29-18-26(32)31-30-17-22-6-4-5-7-25(22)35-19-20-8-12-23(28)13-9-20/h4-15,17H,2-3,16,18-19H2,1H3,(H,29,33)(H,31,32)/b30-17-. The molecule has 2 amide bonds. The zero-order valence-electron chi connectivity index (χ0n) is 19.5. The van der Waals surface area contributed by atoms with Crippen molar-refractivity contribution in [3.05, 3.63) is 94.0 Å². The summed E-state index contributed by atoms with van der Waals surface area (Å²) >= 11 is 3.42. The van der Waals surface area contributed by atoms with Gasteiger partial charge in [0.15, 0.2) is 0 Å². The normalized spacial score (nSPS) is 10.7. The largest absolute Gasteiger partial charge is 0.494 e. The van der Waals surface area contributed by atoms with E-state index in [9.17, 15) is 9.59 Å². The molecule has 0 saturated carbocycles. The highest BCUT2D eigenvalue weighted by Gasteiger charge is 2.08. The molecule has 0 radical (unpaired) electrons. The zero-order valence-corrected chi connectivity index (χ0v) is 21.1. The Morgan fingerprint density at radius 2 is 1.71 bits per heavy atom. The fraction of sp³-hybridized carbons (Fsp3) is 0.222. The molecule has 0 atom stereocenters. The van der Waals surface area contributed by atoms with Crippen LogP contribution in [0.25, 0.3) is 0 Å². The van der Waals surface area contributed by atoms with Crippen LogP contribution in [0.2, 0.25) is 0 Å². The lowest BCUT2D eigenvalue weighted by atomic mass is 10.2. The molecule has 0 heterocycles. The summed E-state index contributed by atoms with van der Waals surface area (Å²) in [5.74, 6) is 0.560. The van der Waals surface area contributed by atoms with Gasteiger partial charge in [-0.15, -0.1) is 0 Å². The highest BCUT2D eigenvalue weighted by molar-refractivity contribution is 9.10. The number of nitrogens with zero attached hydrogens (tertiary/aromatic N) is 1. The summed E-state index contributed by atoms with van der Waals surface area (Å²) in [7, 11) is 0. The molecule has 0 bridgehead atoms. The van der Waals surface area contributed by atoms with E-state index in [1.165, 1.54) is 6.21 Å². The number of unbranched alkanes of at least 4 members (excludes halogenated alkanes) is 1. The molecule has 0 aromatic heterocycles. The van der Waals surface area contributed by atoms with E-state index in [0.29, 0.717) is 30.3 Å². The molecule has 2 N–H and O–H groups in total. The molecular weight excluding hydrogens is 510 g/mol. The number of halogens is 1. The molecule has 35 heavy (non-hydrogen) atoms. The van der Waals surface area contributed by atoms with Crippen LogP contribution in [0.5, 0.6) is 11.5 Å². The van der Waals surface area contributed by atoms with Crippen molar-refractivity contribution < 1.29 is 19.1 Å². The van der Waals surface area contributed by atoms with Gasteiger partial charge in [0.05, 0.1) is 19.4 Å². The molecule has 0 aliphatic heterocycles. The fourth-order valence-electron chi connectivity index (χ4n) is 2.97. The van der Waals surface area contributed by atoms with E-state index in [1.54, 1.807) is 24.3 Å². The van der Waals surface area contributed by atoms with E-state index in [4.69, 9.17) is 9.47 Å². The molecule has 0 spiro atoms. The maximum absolute atomic E-state index is 12.3. The molecule has 3 aromatic rings. The molecule has 8 heteroatoms. The van der Waals surface area contributed by atoms with Crippen LogP contribution in [0.4, 0.5) is 0 Å². The van der Waals surface area contributed by atoms with Crippen molar-refractivity contribution >= 4 is 34.0 Å². The van der Waals surface area contributed by atoms with E-state index in [-0.39, 0.29) is 12.5 Å². The minimum atomic E-state index is -0.442. The van der Waals surface area contributed by atoms with Crippen molar-refractivity contribution in [2.45, 2.75) is 26.4 Å². The van der Waals surface area contributed by atoms with Crippen LogP contribution in [0, 0.1) is 0 Å². The third kappa shape index (κ3) is 8.90. The number of amides is 2. The van der Waals surface area contributed by atoms with Crippen molar-refractivity contribution in [1.82, 2.24) is 10.7 Å². The monoisotopic (exact) mass is 537 g/mol. The molecule has 0 saturated heterocycles. The first-order valence-corrected chi connectivity index (χ1v) is 12.1. The Kier molecular flexibility index (Phi) is 10.3. The average molecular weight is 538 g/mol. The summed E-state index contributed by atoms with van der Waals surface area (Å²) in [6.07, 6.45) is 3.54. The molecule has 3 aromatic carbocycles. The maximum Gasteiger partial charge on any atom is 0.259 e. The Labute approximate surface area is 213 Å². The van der Waals surface area contributed by atoms with Crippen LogP contribution >= 0.6 is 15.9 Å². The van der Waals surface area contributed by atoms with Gasteiger partial charge in [-0.1, -0.05) is 53.5 Å². The number of rotatable bonds is 12. The molecule has 7 nitrogen and oxygen atoms in total. The predicted octanol–water partition coefficient (Wildman–Crippen LogP) is 5.09. The fourth-order valence-corrected chi connectivity index (χ4v) is 3.24. The van der Waals surface area contributed by atoms with E-state index >= 15 is 0 Å². The van der Waals surface area contributed by atoms with E-state index < -0.39 is 5.91 Å². The number of ether oxygens (including phenoxy) is 2. The van der Waals surface area contributed by atoms with Crippen molar-refractivity contribution in [3.63, 3.8) is 0 Å². The summed E-state index contributed by atoms with van der Waals surface area (Å²) in [6, 6.07) is 22.1. The summed E-state index contributed by atoms with van der Waals surface area (Å²) in [4.78, 5) is 24.4. The van der Waals surface area contributed by atoms with Gasteiger partial charge < -0.3 is 14.8 Å². The zero-order chi connectivity index (χ0) is 24.9. The van der Waals surface area contributed by atoms with Gasteiger partial charge in [-0.3, -0.25) is 9.59 Å². The van der Waals surface area contributed by atoms with Gasteiger partial charge >= 0.3 is 0 Å². The molecule has 0 fully saturated rings. The third-order valence-electron chi connectivity index (χ3n) is 4.91. The van der Waals surface area contributed by atoms with Crippen LogP contribution in [0.1, 0.15) is 41.3 Å². The quantitative estimate of drug-likeness (QED) is 0.191. The van der Waals surface area contributed by atoms with Gasteiger partial charge in [-0.05, 0) is 60.5 Å². The second kappa shape index (κ2) is 13.9. The number of nitrogens with one attached hydrogen (secondary N) is 2. The Balaban J connectivity index is 1.44. The average Bonchev–Trinajstić information content (AvgIpc) is 2.88. The van der Waals surface area contributed by atoms with Crippen molar-refractivity contribution in [2.24, 2.45) is 5.10 Å². The Bertz CT molecular complexity index is 1130. The number of benzene rings is 3. The number of carbonyl (C=O) groups excluding carboxylic acids is 2. The molecule has 0 aliphatic carbocycles. The van der Waals surface area contributed by atoms with Crippen LogP contribution < -0.4 is 20.2 Å². The SMILES string of the molecule is CCCCOc1ccc(C(=O)NCC(=O)N/N=C\c2ccccc2OCc2ccc(Br)cc2)cc1. The first-order chi connectivity index (χ1) is 17.0. The Morgan fingerprint density at radius 1 is 0.971 bits per heavy atom.